The van der Waals surface area contributed by atoms with E-state index in [1.54, 1.807) is 6.92 Å². The SMILES string of the molecule is CNC(=O)NC(=O)C(C)NCC1CCC(O)C1. The first-order chi connectivity index (χ1) is 8.02. The summed E-state index contributed by atoms with van der Waals surface area (Å²) in [5, 5.41) is 17.0. The lowest BCUT2D eigenvalue weighted by atomic mass is 10.1. The molecule has 1 saturated carbocycles. The summed E-state index contributed by atoms with van der Waals surface area (Å²) in [7, 11) is 1.46. The summed E-state index contributed by atoms with van der Waals surface area (Å²) in [5.41, 5.74) is 0. The van der Waals surface area contributed by atoms with Crippen molar-refractivity contribution in [3.05, 3.63) is 0 Å². The number of rotatable bonds is 4. The summed E-state index contributed by atoms with van der Waals surface area (Å²) in [5.74, 6) is 0.0724. The fourth-order valence-corrected chi connectivity index (χ4v) is 1.95. The van der Waals surface area contributed by atoms with E-state index in [1.807, 2.05) is 0 Å². The Bertz CT molecular complexity index is 283. The molecular weight excluding hydrogens is 222 g/mol. The molecule has 0 radical (unpaired) electrons. The van der Waals surface area contributed by atoms with Crippen molar-refractivity contribution in [1.29, 1.82) is 0 Å². The first kappa shape index (κ1) is 13.9. The number of hydrogen-bond acceptors (Lipinski definition) is 4. The molecule has 98 valence electrons. The molecule has 1 rings (SSSR count). The Morgan fingerprint density at radius 1 is 1.41 bits per heavy atom. The van der Waals surface area contributed by atoms with Crippen molar-refractivity contribution < 1.29 is 14.7 Å². The summed E-state index contributed by atoms with van der Waals surface area (Å²) >= 11 is 0. The van der Waals surface area contributed by atoms with Crippen LogP contribution in [0.15, 0.2) is 0 Å². The van der Waals surface area contributed by atoms with E-state index >= 15 is 0 Å². The number of aliphatic hydroxyl groups is 1. The quantitative estimate of drug-likeness (QED) is 0.540. The van der Waals surface area contributed by atoms with Gasteiger partial charge in [-0.15, -0.1) is 0 Å². The molecule has 0 aromatic heterocycles. The summed E-state index contributed by atoms with van der Waals surface area (Å²) < 4.78 is 0. The zero-order valence-electron chi connectivity index (χ0n) is 10.3. The van der Waals surface area contributed by atoms with Crippen molar-refractivity contribution in [2.45, 2.75) is 38.3 Å². The fourth-order valence-electron chi connectivity index (χ4n) is 1.95. The Kier molecular flexibility index (Phi) is 5.37. The van der Waals surface area contributed by atoms with E-state index in [0.29, 0.717) is 12.5 Å². The van der Waals surface area contributed by atoms with Crippen molar-refractivity contribution in [1.82, 2.24) is 16.0 Å². The van der Waals surface area contributed by atoms with E-state index in [2.05, 4.69) is 16.0 Å². The molecular formula is C11H21N3O3. The Hall–Kier alpha value is -1.14. The molecule has 0 bridgehead atoms. The van der Waals surface area contributed by atoms with Crippen LogP contribution in [0.2, 0.25) is 0 Å². The van der Waals surface area contributed by atoms with Gasteiger partial charge in [-0.05, 0) is 38.6 Å². The van der Waals surface area contributed by atoms with E-state index in [1.165, 1.54) is 7.05 Å². The van der Waals surface area contributed by atoms with Crippen LogP contribution in [0.4, 0.5) is 4.79 Å². The molecule has 3 atom stereocenters. The second-order valence-electron chi connectivity index (χ2n) is 4.53. The van der Waals surface area contributed by atoms with Gasteiger partial charge < -0.3 is 15.7 Å². The van der Waals surface area contributed by atoms with E-state index in [4.69, 9.17) is 0 Å². The van der Waals surface area contributed by atoms with Crippen LogP contribution in [0.5, 0.6) is 0 Å². The lowest BCUT2D eigenvalue weighted by Gasteiger charge is -2.16. The van der Waals surface area contributed by atoms with Gasteiger partial charge in [0.15, 0.2) is 0 Å². The van der Waals surface area contributed by atoms with Crippen LogP contribution < -0.4 is 16.0 Å². The monoisotopic (exact) mass is 243 g/mol. The molecule has 0 spiro atoms. The molecule has 4 N–H and O–H groups in total. The van der Waals surface area contributed by atoms with Crippen LogP contribution in [-0.4, -0.2) is 42.8 Å². The summed E-state index contributed by atoms with van der Waals surface area (Å²) in [6, 6.07) is -0.912. The minimum Gasteiger partial charge on any atom is -0.393 e. The van der Waals surface area contributed by atoms with Gasteiger partial charge in [0.2, 0.25) is 5.91 Å². The van der Waals surface area contributed by atoms with Crippen molar-refractivity contribution in [2.24, 2.45) is 5.92 Å². The maximum Gasteiger partial charge on any atom is 0.321 e. The highest BCUT2D eigenvalue weighted by atomic mass is 16.3. The van der Waals surface area contributed by atoms with Crippen LogP contribution in [0.3, 0.4) is 0 Å². The van der Waals surface area contributed by atoms with Gasteiger partial charge >= 0.3 is 6.03 Å². The molecule has 0 aliphatic heterocycles. The molecule has 3 amide bonds. The van der Waals surface area contributed by atoms with Crippen LogP contribution in [0, 0.1) is 5.92 Å². The highest BCUT2D eigenvalue weighted by molar-refractivity contribution is 5.96. The van der Waals surface area contributed by atoms with Crippen LogP contribution in [0.25, 0.3) is 0 Å². The zero-order chi connectivity index (χ0) is 12.8. The van der Waals surface area contributed by atoms with Gasteiger partial charge in [0.05, 0.1) is 12.1 Å². The third-order valence-corrected chi connectivity index (χ3v) is 3.08. The maximum atomic E-state index is 11.5. The molecule has 1 fully saturated rings. The fraction of sp³-hybridized carbons (Fsp3) is 0.818. The topological polar surface area (TPSA) is 90.5 Å². The number of urea groups is 1. The highest BCUT2D eigenvalue weighted by Crippen LogP contribution is 2.24. The lowest BCUT2D eigenvalue weighted by molar-refractivity contribution is -0.121. The van der Waals surface area contributed by atoms with E-state index in [0.717, 1.165) is 19.3 Å². The van der Waals surface area contributed by atoms with E-state index < -0.39 is 12.1 Å². The van der Waals surface area contributed by atoms with Crippen LogP contribution >= 0.6 is 0 Å². The number of amides is 3. The van der Waals surface area contributed by atoms with E-state index in [9.17, 15) is 14.7 Å². The lowest BCUT2D eigenvalue weighted by Crippen LogP contribution is -2.48. The summed E-state index contributed by atoms with van der Waals surface area (Å²) in [4.78, 5) is 22.4. The predicted molar refractivity (Wildman–Crippen MR) is 63.4 cm³/mol. The van der Waals surface area contributed by atoms with Gasteiger partial charge in [0.25, 0.3) is 0 Å². The largest absolute Gasteiger partial charge is 0.393 e. The average molecular weight is 243 g/mol. The zero-order valence-corrected chi connectivity index (χ0v) is 10.3. The number of aliphatic hydroxyl groups excluding tert-OH is 1. The van der Waals surface area contributed by atoms with Crippen molar-refractivity contribution in [3.63, 3.8) is 0 Å². The molecule has 0 aromatic rings. The normalized spacial score (nSPS) is 25.4. The van der Waals surface area contributed by atoms with Gasteiger partial charge in [-0.2, -0.15) is 0 Å². The first-order valence-electron chi connectivity index (χ1n) is 5.97. The summed E-state index contributed by atoms with van der Waals surface area (Å²) in [6.45, 7) is 2.41. The number of hydrogen-bond donors (Lipinski definition) is 4. The second-order valence-corrected chi connectivity index (χ2v) is 4.53. The third-order valence-electron chi connectivity index (χ3n) is 3.08. The van der Waals surface area contributed by atoms with Gasteiger partial charge in [-0.25, -0.2) is 4.79 Å². The van der Waals surface area contributed by atoms with Crippen molar-refractivity contribution >= 4 is 11.9 Å². The molecule has 0 aromatic carbocycles. The maximum absolute atomic E-state index is 11.5. The number of nitrogens with one attached hydrogen (secondary N) is 3. The minimum atomic E-state index is -0.500. The second kappa shape index (κ2) is 6.56. The van der Waals surface area contributed by atoms with Crippen LogP contribution in [0.1, 0.15) is 26.2 Å². The van der Waals surface area contributed by atoms with Crippen molar-refractivity contribution in [3.8, 4) is 0 Å². The van der Waals surface area contributed by atoms with Gasteiger partial charge in [0.1, 0.15) is 0 Å². The van der Waals surface area contributed by atoms with Gasteiger partial charge in [-0.3, -0.25) is 10.1 Å². The molecule has 1 aliphatic carbocycles. The third kappa shape index (κ3) is 4.70. The Labute approximate surface area is 101 Å². The minimum absolute atomic E-state index is 0.197. The average Bonchev–Trinajstić information content (AvgIpc) is 2.71. The molecule has 0 heterocycles. The first-order valence-corrected chi connectivity index (χ1v) is 5.97. The molecule has 17 heavy (non-hydrogen) atoms. The molecule has 1 aliphatic rings. The van der Waals surface area contributed by atoms with Gasteiger partial charge in [-0.1, -0.05) is 0 Å². The Morgan fingerprint density at radius 2 is 2.12 bits per heavy atom. The number of imide groups is 1. The van der Waals surface area contributed by atoms with Crippen molar-refractivity contribution in [2.75, 3.05) is 13.6 Å². The Morgan fingerprint density at radius 3 is 2.65 bits per heavy atom. The number of carbonyl (C=O) groups excluding carboxylic acids is 2. The Balaban J connectivity index is 2.22. The standard InChI is InChI=1S/C11H21N3O3/c1-7(10(16)14-11(17)12-2)13-6-8-3-4-9(15)5-8/h7-9,13,15H,3-6H2,1-2H3,(H2,12,14,16,17). The van der Waals surface area contributed by atoms with E-state index in [-0.39, 0.29) is 12.0 Å². The van der Waals surface area contributed by atoms with Crippen LogP contribution in [-0.2, 0) is 4.79 Å². The molecule has 3 unspecified atom stereocenters. The molecule has 6 nitrogen and oxygen atoms in total. The highest BCUT2D eigenvalue weighted by Gasteiger charge is 2.24. The molecule has 6 heteroatoms. The number of carbonyl (C=O) groups is 2. The predicted octanol–water partition coefficient (Wildman–Crippen LogP) is -0.419. The summed E-state index contributed by atoms with van der Waals surface area (Å²) in [6.07, 6.45) is 2.41. The molecule has 0 saturated heterocycles. The van der Waals surface area contributed by atoms with Gasteiger partial charge in [0, 0.05) is 7.05 Å². The smallest absolute Gasteiger partial charge is 0.321 e.